The van der Waals surface area contributed by atoms with E-state index in [4.69, 9.17) is 9.26 Å². The lowest BCUT2D eigenvalue weighted by molar-refractivity contribution is 0.106. The molecular formula is C15H21N3O3. The smallest absolute Gasteiger partial charge is 0.223 e. The summed E-state index contributed by atoms with van der Waals surface area (Å²) in [5.74, 6) is 1.88. The van der Waals surface area contributed by atoms with E-state index >= 15 is 0 Å². The van der Waals surface area contributed by atoms with Crippen LogP contribution in [0.25, 0.3) is 0 Å². The summed E-state index contributed by atoms with van der Waals surface area (Å²) < 4.78 is 10.4. The van der Waals surface area contributed by atoms with Gasteiger partial charge in [-0.25, -0.2) is 0 Å². The van der Waals surface area contributed by atoms with Crippen LogP contribution in [-0.4, -0.2) is 34.5 Å². The van der Waals surface area contributed by atoms with Gasteiger partial charge in [-0.05, 0) is 24.1 Å². The predicted molar refractivity (Wildman–Crippen MR) is 78.1 cm³/mol. The van der Waals surface area contributed by atoms with Crippen LogP contribution in [0.2, 0.25) is 0 Å². The minimum absolute atomic E-state index is 0.240. The van der Waals surface area contributed by atoms with Gasteiger partial charge in [0.2, 0.25) is 5.89 Å². The molecule has 0 spiro atoms. The minimum atomic E-state index is -0.594. The van der Waals surface area contributed by atoms with Crippen molar-refractivity contribution in [3.8, 4) is 5.75 Å². The molecule has 6 nitrogen and oxygen atoms in total. The summed E-state index contributed by atoms with van der Waals surface area (Å²) in [5, 5.41) is 16.7. The molecule has 114 valence electrons. The Labute approximate surface area is 124 Å². The van der Waals surface area contributed by atoms with Gasteiger partial charge in [0.1, 0.15) is 18.5 Å². The molecule has 2 aromatic rings. The van der Waals surface area contributed by atoms with E-state index in [1.807, 2.05) is 24.3 Å². The quantitative estimate of drug-likeness (QED) is 0.766. The Morgan fingerprint density at radius 1 is 1.33 bits per heavy atom. The maximum Gasteiger partial charge on any atom is 0.223 e. The van der Waals surface area contributed by atoms with Crippen molar-refractivity contribution in [3.63, 3.8) is 0 Å². The average molecular weight is 291 g/mol. The lowest BCUT2D eigenvalue weighted by atomic mass is 10.2. The number of hydrogen-bond donors (Lipinski definition) is 2. The first-order valence-electron chi connectivity index (χ1n) is 7.07. The Morgan fingerprint density at radius 3 is 2.71 bits per heavy atom. The first-order chi connectivity index (χ1) is 10.2. The van der Waals surface area contributed by atoms with Crippen molar-refractivity contribution < 1.29 is 14.4 Å². The standard InChI is InChI=1S/C15H21N3O3/c1-3-12-4-6-14(7-5-12)20-10-13(19)8-16-9-15-17-11(2)21-18-15/h4-7,13,16,19H,3,8-10H2,1-2H3. The van der Waals surface area contributed by atoms with Crippen LogP contribution in [0.4, 0.5) is 0 Å². The fraction of sp³-hybridized carbons (Fsp3) is 0.467. The lowest BCUT2D eigenvalue weighted by Crippen LogP contribution is -2.31. The summed E-state index contributed by atoms with van der Waals surface area (Å²) in [6.45, 7) is 4.95. The van der Waals surface area contributed by atoms with Gasteiger partial charge >= 0.3 is 0 Å². The number of benzene rings is 1. The third-order valence-electron chi connectivity index (χ3n) is 3.01. The highest BCUT2D eigenvalue weighted by atomic mass is 16.5. The van der Waals surface area contributed by atoms with E-state index in [0.29, 0.717) is 24.8 Å². The van der Waals surface area contributed by atoms with Gasteiger partial charge in [-0.3, -0.25) is 0 Å². The number of aliphatic hydroxyl groups excluding tert-OH is 1. The molecule has 1 aromatic carbocycles. The van der Waals surface area contributed by atoms with Gasteiger partial charge in [0.05, 0.1) is 6.54 Å². The van der Waals surface area contributed by atoms with Crippen molar-refractivity contribution in [3.05, 3.63) is 41.5 Å². The average Bonchev–Trinajstić information content (AvgIpc) is 2.91. The highest BCUT2D eigenvalue weighted by Gasteiger charge is 2.07. The van der Waals surface area contributed by atoms with E-state index in [0.717, 1.165) is 12.2 Å². The Balaban J connectivity index is 1.65. The first kappa shape index (κ1) is 15.5. The molecule has 0 aliphatic heterocycles. The Kier molecular flexibility index (Phi) is 5.71. The van der Waals surface area contributed by atoms with Crippen molar-refractivity contribution >= 4 is 0 Å². The van der Waals surface area contributed by atoms with Gasteiger partial charge in [-0.1, -0.05) is 24.2 Å². The maximum absolute atomic E-state index is 9.84. The van der Waals surface area contributed by atoms with E-state index in [9.17, 15) is 5.11 Å². The van der Waals surface area contributed by atoms with Crippen molar-refractivity contribution in [2.24, 2.45) is 0 Å². The summed E-state index contributed by atoms with van der Waals surface area (Å²) in [6, 6.07) is 7.89. The Morgan fingerprint density at radius 2 is 2.10 bits per heavy atom. The lowest BCUT2D eigenvalue weighted by Gasteiger charge is -2.12. The number of hydrogen-bond acceptors (Lipinski definition) is 6. The predicted octanol–water partition coefficient (Wildman–Crippen LogP) is 1.47. The van der Waals surface area contributed by atoms with Crippen LogP contribution >= 0.6 is 0 Å². The number of rotatable bonds is 8. The molecule has 0 aliphatic carbocycles. The molecule has 1 unspecified atom stereocenters. The second-order valence-electron chi connectivity index (χ2n) is 4.82. The second-order valence-corrected chi connectivity index (χ2v) is 4.82. The van der Waals surface area contributed by atoms with Gasteiger partial charge in [-0.2, -0.15) is 4.98 Å². The van der Waals surface area contributed by atoms with Gasteiger partial charge in [0.25, 0.3) is 0 Å². The molecule has 2 N–H and O–H groups in total. The van der Waals surface area contributed by atoms with Crippen LogP contribution in [0.15, 0.2) is 28.8 Å². The van der Waals surface area contributed by atoms with Crippen LogP contribution < -0.4 is 10.1 Å². The molecular weight excluding hydrogens is 270 g/mol. The molecule has 1 heterocycles. The zero-order chi connectivity index (χ0) is 15.1. The fourth-order valence-corrected chi connectivity index (χ4v) is 1.84. The summed E-state index contributed by atoms with van der Waals surface area (Å²) in [7, 11) is 0. The third kappa shape index (κ3) is 5.17. The molecule has 0 aliphatic rings. The highest BCUT2D eigenvalue weighted by molar-refractivity contribution is 5.27. The van der Waals surface area contributed by atoms with Crippen molar-refractivity contribution in [2.45, 2.75) is 32.9 Å². The SMILES string of the molecule is CCc1ccc(OCC(O)CNCc2noc(C)n2)cc1. The molecule has 1 atom stereocenters. The van der Waals surface area contributed by atoms with Gasteiger partial charge < -0.3 is 19.7 Å². The summed E-state index contributed by atoms with van der Waals surface area (Å²) in [4.78, 5) is 4.06. The third-order valence-corrected chi connectivity index (χ3v) is 3.01. The Hall–Kier alpha value is -1.92. The number of nitrogens with one attached hydrogen (secondary N) is 1. The second kappa shape index (κ2) is 7.75. The van der Waals surface area contributed by atoms with Gasteiger partial charge in [0.15, 0.2) is 5.82 Å². The number of aromatic nitrogens is 2. The molecule has 0 bridgehead atoms. The maximum atomic E-state index is 9.84. The van der Waals surface area contributed by atoms with Crippen molar-refractivity contribution in [2.75, 3.05) is 13.2 Å². The highest BCUT2D eigenvalue weighted by Crippen LogP contribution is 2.12. The first-order valence-corrected chi connectivity index (χ1v) is 7.07. The van der Waals surface area contributed by atoms with E-state index < -0.39 is 6.10 Å². The molecule has 0 radical (unpaired) electrons. The number of aliphatic hydroxyl groups is 1. The summed E-state index contributed by atoms with van der Waals surface area (Å²) in [6.07, 6.45) is 0.409. The number of aryl methyl sites for hydroxylation is 2. The normalized spacial score (nSPS) is 12.3. The molecule has 0 saturated heterocycles. The van der Waals surface area contributed by atoms with E-state index in [1.165, 1.54) is 5.56 Å². The number of ether oxygens (including phenoxy) is 1. The summed E-state index contributed by atoms with van der Waals surface area (Å²) >= 11 is 0. The fourth-order valence-electron chi connectivity index (χ4n) is 1.84. The van der Waals surface area contributed by atoms with E-state index in [-0.39, 0.29) is 6.61 Å². The molecule has 6 heteroatoms. The van der Waals surface area contributed by atoms with Crippen LogP contribution in [0.5, 0.6) is 5.75 Å². The molecule has 2 rings (SSSR count). The molecule has 0 saturated carbocycles. The van der Waals surface area contributed by atoms with E-state index in [1.54, 1.807) is 6.92 Å². The largest absolute Gasteiger partial charge is 0.491 e. The Bertz CT molecular complexity index is 539. The van der Waals surface area contributed by atoms with Crippen molar-refractivity contribution in [1.29, 1.82) is 0 Å². The van der Waals surface area contributed by atoms with Crippen LogP contribution in [0.1, 0.15) is 24.2 Å². The zero-order valence-corrected chi connectivity index (χ0v) is 12.4. The zero-order valence-electron chi connectivity index (χ0n) is 12.4. The van der Waals surface area contributed by atoms with Crippen LogP contribution in [0, 0.1) is 6.92 Å². The number of nitrogens with zero attached hydrogens (tertiary/aromatic N) is 2. The van der Waals surface area contributed by atoms with Gasteiger partial charge in [0, 0.05) is 13.5 Å². The molecule has 0 fully saturated rings. The van der Waals surface area contributed by atoms with Gasteiger partial charge in [-0.15, -0.1) is 0 Å². The molecule has 21 heavy (non-hydrogen) atoms. The topological polar surface area (TPSA) is 80.4 Å². The summed E-state index contributed by atoms with van der Waals surface area (Å²) in [5.41, 5.74) is 1.26. The monoisotopic (exact) mass is 291 g/mol. The van der Waals surface area contributed by atoms with Crippen LogP contribution in [0.3, 0.4) is 0 Å². The van der Waals surface area contributed by atoms with Crippen molar-refractivity contribution in [1.82, 2.24) is 15.5 Å². The molecule has 0 amide bonds. The minimum Gasteiger partial charge on any atom is -0.491 e. The molecule has 1 aromatic heterocycles. The van der Waals surface area contributed by atoms with Crippen LogP contribution in [-0.2, 0) is 13.0 Å². The van der Waals surface area contributed by atoms with E-state index in [2.05, 4.69) is 22.4 Å².